The third-order valence-corrected chi connectivity index (χ3v) is 3.90. The first-order chi connectivity index (χ1) is 7.26. The maximum atomic E-state index is 5.36. The average Bonchev–Trinajstić information content (AvgIpc) is 3.04. The summed E-state index contributed by atoms with van der Waals surface area (Å²) in [6.45, 7) is 2.19. The highest BCUT2D eigenvalue weighted by molar-refractivity contribution is 8.00. The minimum Gasteiger partial charge on any atom is -0.383 e. The van der Waals surface area contributed by atoms with E-state index in [4.69, 9.17) is 10.6 Å². The van der Waals surface area contributed by atoms with Crippen LogP contribution in [0.5, 0.6) is 0 Å². The molecule has 1 saturated carbocycles. The quantitative estimate of drug-likeness (QED) is 0.197. The molecule has 0 aromatic rings. The molecule has 0 unspecified atom stereocenters. The Labute approximate surface area is 95.2 Å². The van der Waals surface area contributed by atoms with E-state index < -0.39 is 0 Å². The van der Waals surface area contributed by atoms with Crippen LogP contribution in [0, 0.1) is 0 Å². The Morgan fingerprint density at radius 2 is 2.33 bits per heavy atom. The van der Waals surface area contributed by atoms with Gasteiger partial charge in [0, 0.05) is 18.4 Å². The molecule has 0 saturated heterocycles. The minimum atomic E-state index is 0.380. The molecule has 0 amide bonds. The predicted octanol–water partition coefficient (Wildman–Crippen LogP) is -0.0627. The fourth-order valence-electron chi connectivity index (χ4n) is 1.21. The number of thioether (sulfide) groups is 1. The van der Waals surface area contributed by atoms with E-state index in [0.717, 1.165) is 6.54 Å². The highest BCUT2D eigenvalue weighted by Crippen LogP contribution is 2.47. The summed E-state index contributed by atoms with van der Waals surface area (Å²) in [5.41, 5.74) is 2.56. The van der Waals surface area contributed by atoms with Crippen LogP contribution in [0.4, 0.5) is 0 Å². The number of hydrazine groups is 1. The van der Waals surface area contributed by atoms with Gasteiger partial charge in [-0.05, 0) is 19.1 Å². The summed E-state index contributed by atoms with van der Waals surface area (Å²) in [5, 5.41) is 3.07. The van der Waals surface area contributed by atoms with Crippen molar-refractivity contribution in [3.63, 3.8) is 0 Å². The zero-order chi connectivity index (χ0) is 11.1. The van der Waals surface area contributed by atoms with Crippen molar-refractivity contribution in [1.29, 1.82) is 0 Å². The third-order valence-electron chi connectivity index (χ3n) is 2.50. The van der Waals surface area contributed by atoms with E-state index in [0.29, 0.717) is 23.9 Å². The molecule has 0 radical (unpaired) electrons. The molecule has 0 bridgehead atoms. The van der Waals surface area contributed by atoms with E-state index in [1.807, 2.05) is 11.8 Å². The zero-order valence-electron chi connectivity index (χ0n) is 9.38. The van der Waals surface area contributed by atoms with Crippen molar-refractivity contribution < 1.29 is 4.74 Å². The number of hydrogen-bond donors (Lipinski definition) is 3. The topological polar surface area (TPSA) is 71.7 Å². The fraction of sp³-hybridized carbons (Fsp3) is 0.889. The Morgan fingerprint density at radius 3 is 2.80 bits per heavy atom. The number of ether oxygens (including phenoxy) is 1. The maximum Gasteiger partial charge on any atom is 0.205 e. The summed E-state index contributed by atoms with van der Waals surface area (Å²) in [5.74, 6) is 6.00. The largest absolute Gasteiger partial charge is 0.383 e. The molecular formula is C9H20N4OS. The molecule has 0 aromatic heterocycles. The van der Waals surface area contributed by atoms with Crippen molar-refractivity contribution in [2.24, 2.45) is 10.8 Å². The van der Waals surface area contributed by atoms with E-state index in [1.165, 1.54) is 12.8 Å². The zero-order valence-corrected chi connectivity index (χ0v) is 10.2. The summed E-state index contributed by atoms with van der Waals surface area (Å²) in [6, 6.07) is 0. The number of guanidine groups is 1. The van der Waals surface area contributed by atoms with Gasteiger partial charge in [-0.3, -0.25) is 10.4 Å². The van der Waals surface area contributed by atoms with Crippen LogP contribution in [0.1, 0.15) is 12.8 Å². The second-order valence-corrected chi connectivity index (χ2v) is 4.89. The molecule has 1 aliphatic carbocycles. The average molecular weight is 232 g/mol. The molecule has 1 rings (SSSR count). The molecule has 0 heterocycles. The van der Waals surface area contributed by atoms with Crippen molar-refractivity contribution in [2.45, 2.75) is 17.6 Å². The molecule has 5 nitrogen and oxygen atoms in total. The lowest BCUT2D eigenvalue weighted by Crippen LogP contribution is -2.43. The molecule has 1 aliphatic rings. The second kappa shape index (κ2) is 6.19. The molecule has 0 atom stereocenters. The van der Waals surface area contributed by atoms with Crippen molar-refractivity contribution in [1.82, 2.24) is 10.7 Å². The van der Waals surface area contributed by atoms with Gasteiger partial charge in [0.15, 0.2) is 0 Å². The first kappa shape index (κ1) is 12.6. The van der Waals surface area contributed by atoms with Gasteiger partial charge in [-0.25, -0.2) is 5.84 Å². The van der Waals surface area contributed by atoms with Crippen molar-refractivity contribution in [3.05, 3.63) is 0 Å². The molecular weight excluding hydrogens is 212 g/mol. The first-order valence-corrected chi connectivity index (χ1v) is 6.28. The second-order valence-electron chi connectivity index (χ2n) is 3.62. The Morgan fingerprint density at radius 1 is 1.60 bits per heavy atom. The van der Waals surface area contributed by atoms with Gasteiger partial charge in [-0.15, -0.1) is 0 Å². The molecule has 6 heteroatoms. The molecule has 0 aliphatic heterocycles. The van der Waals surface area contributed by atoms with Gasteiger partial charge in [-0.2, -0.15) is 11.8 Å². The van der Waals surface area contributed by atoms with Crippen LogP contribution in [0.3, 0.4) is 0 Å². The minimum absolute atomic E-state index is 0.380. The lowest BCUT2D eigenvalue weighted by Gasteiger charge is -2.11. The fourth-order valence-corrected chi connectivity index (χ4v) is 1.92. The number of hydrogen-bond acceptors (Lipinski definition) is 4. The Bertz CT molecular complexity index is 218. The van der Waals surface area contributed by atoms with Crippen molar-refractivity contribution in [3.8, 4) is 0 Å². The lowest BCUT2D eigenvalue weighted by molar-refractivity contribution is 0.203. The van der Waals surface area contributed by atoms with Crippen LogP contribution >= 0.6 is 11.8 Å². The van der Waals surface area contributed by atoms with Crippen LogP contribution < -0.4 is 16.6 Å². The van der Waals surface area contributed by atoms with E-state index >= 15 is 0 Å². The third kappa shape index (κ3) is 4.27. The van der Waals surface area contributed by atoms with Gasteiger partial charge in [0.25, 0.3) is 0 Å². The predicted molar refractivity (Wildman–Crippen MR) is 65.0 cm³/mol. The Hall–Kier alpha value is -0.460. The number of aliphatic imine (C=N–C) groups is 1. The summed E-state index contributed by atoms with van der Waals surface area (Å²) in [6.07, 6.45) is 4.65. The molecule has 0 spiro atoms. The number of nitrogens with one attached hydrogen (secondary N) is 2. The molecule has 88 valence electrons. The van der Waals surface area contributed by atoms with Gasteiger partial charge in [0.1, 0.15) is 0 Å². The van der Waals surface area contributed by atoms with Crippen LogP contribution in [0.2, 0.25) is 0 Å². The van der Waals surface area contributed by atoms with E-state index in [9.17, 15) is 0 Å². The lowest BCUT2D eigenvalue weighted by atomic mass is 10.4. The van der Waals surface area contributed by atoms with Crippen LogP contribution in [-0.2, 0) is 4.74 Å². The Balaban J connectivity index is 2.27. The molecule has 1 fully saturated rings. The number of methoxy groups -OCH3 is 1. The molecule has 15 heavy (non-hydrogen) atoms. The molecule has 0 aromatic carbocycles. The normalized spacial score (nSPS) is 18.7. The smallest absolute Gasteiger partial charge is 0.205 e. The van der Waals surface area contributed by atoms with Crippen LogP contribution in [0.25, 0.3) is 0 Å². The number of nitrogens with zero attached hydrogens (tertiary/aromatic N) is 1. The van der Waals surface area contributed by atoms with Gasteiger partial charge in [-0.1, -0.05) is 0 Å². The summed E-state index contributed by atoms with van der Waals surface area (Å²) < 4.78 is 5.31. The Kier molecular flexibility index (Phi) is 5.21. The van der Waals surface area contributed by atoms with E-state index in [2.05, 4.69) is 22.0 Å². The van der Waals surface area contributed by atoms with Gasteiger partial charge in [0.05, 0.1) is 13.2 Å². The monoisotopic (exact) mass is 232 g/mol. The highest BCUT2D eigenvalue weighted by Gasteiger charge is 2.41. The summed E-state index contributed by atoms with van der Waals surface area (Å²) in [4.78, 5) is 4.41. The van der Waals surface area contributed by atoms with Gasteiger partial charge in [0.2, 0.25) is 5.96 Å². The maximum absolute atomic E-state index is 5.36. The van der Waals surface area contributed by atoms with Crippen molar-refractivity contribution in [2.75, 3.05) is 33.1 Å². The molecule has 4 N–H and O–H groups in total. The highest BCUT2D eigenvalue weighted by atomic mass is 32.2. The van der Waals surface area contributed by atoms with Crippen molar-refractivity contribution >= 4 is 17.7 Å². The van der Waals surface area contributed by atoms with Gasteiger partial charge < -0.3 is 10.1 Å². The SMILES string of the molecule is COCCNC(=NCC1(SC)CC1)NN. The van der Waals surface area contributed by atoms with E-state index in [1.54, 1.807) is 7.11 Å². The number of rotatable bonds is 6. The number of nitrogens with two attached hydrogens (primary N) is 1. The van der Waals surface area contributed by atoms with Crippen LogP contribution in [0.15, 0.2) is 4.99 Å². The van der Waals surface area contributed by atoms with Gasteiger partial charge >= 0.3 is 0 Å². The van der Waals surface area contributed by atoms with E-state index in [-0.39, 0.29) is 0 Å². The first-order valence-electron chi connectivity index (χ1n) is 5.05. The van der Waals surface area contributed by atoms with Crippen LogP contribution in [-0.4, -0.2) is 43.8 Å². The summed E-state index contributed by atoms with van der Waals surface area (Å²) in [7, 11) is 1.67. The standard InChI is InChI=1S/C9H20N4OS/c1-14-6-5-11-8(13-10)12-7-9(15-2)3-4-9/h3-7,10H2,1-2H3,(H2,11,12,13). The summed E-state index contributed by atoms with van der Waals surface area (Å²) >= 11 is 1.89.